The maximum absolute atomic E-state index is 11.9. The van der Waals surface area contributed by atoms with E-state index in [0.717, 1.165) is 24.4 Å². The van der Waals surface area contributed by atoms with E-state index in [0.29, 0.717) is 25.4 Å². The highest BCUT2D eigenvalue weighted by Crippen LogP contribution is 2.26. The van der Waals surface area contributed by atoms with Crippen LogP contribution in [0.5, 0.6) is 0 Å². The van der Waals surface area contributed by atoms with Gasteiger partial charge in [0.1, 0.15) is 0 Å². The molecule has 0 saturated carbocycles. The molecule has 1 fully saturated rings. The van der Waals surface area contributed by atoms with Crippen LogP contribution in [0.15, 0.2) is 34.9 Å². The van der Waals surface area contributed by atoms with Crippen molar-refractivity contribution in [3.05, 3.63) is 47.6 Å². The summed E-state index contributed by atoms with van der Waals surface area (Å²) >= 11 is 0. The smallest absolute Gasteiger partial charge is 0.240 e. The molecule has 0 unspecified atom stereocenters. The Kier molecular flexibility index (Phi) is 4.48. The Balaban J connectivity index is 1.83. The molecule has 1 saturated heterocycles. The van der Waals surface area contributed by atoms with Crippen molar-refractivity contribution >= 4 is 5.91 Å². The summed E-state index contributed by atoms with van der Waals surface area (Å²) in [5.41, 5.74) is 1.13. The number of rotatable bonds is 4. The minimum absolute atomic E-state index is 0.0284. The van der Waals surface area contributed by atoms with Crippen molar-refractivity contribution < 1.29 is 9.32 Å². The quantitative estimate of drug-likeness (QED) is 0.930. The zero-order valence-corrected chi connectivity index (χ0v) is 12.7. The van der Waals surface area contributed by atoms with Crippen molar-refractivity contribution in [2.24, 2.45) is 0 Å². The molecule has 2 aromatic rings. The summed E-state index contributed by atoms with van der Waals surface area (Å²) in [5.74, 6) is 1.40. The molecular weight excluding hydrogens is 280 g/mol. The number of amides is 1. The minimum atomic E-state index is 0.0284. The zero-order valence-electron chi connectivity index (χ0n) is 12.7. The molecule has 1 atom stereocenters. The van der Waals surface area contributed by atoms with Gasteiger partial charge in [-0.25, -0.2) is 0 Å². The Morgan fingerprint density at radius 1 is 1.36 bits per heavy atom. The van der Waals surface area contributed by atoms with Gasteiger partial charge >= 0.3 is 0 Å². The SMILES string of the molecule is CCc1noc(CN2CCNC(=O)C[C@H]2c2ccccc2)n1. The molecule has 22 heavy (non-hydrogen) atoms. The van der Waals surface area contributed by atoms with Gasteiger partial charge in [0.2, 0.25) is 11.8 Å². The van der Waals surface area contributed by atoms with Gasteiger partial charge in [-0.1, -0.05) is 42.4 Å². The van der Waals surface area contributed by atoms with Crippen LogP contribution in [0, 0.1) is 0 Å². The Morgan fingerprint density at radius 3 is 2.91 bits per heavy atom. The Bertz CT molecular complexity index is 626. The van der Waals surface area contributed by atoms with E-state index in [1.165, 1.54) is 0 Å². The molecule has 0 radical (unpaired) electrons. The predicted octanol–water partition coefficient (Wildman–Crippen LogP) is 1.70. The predicted molar refractivity (Wildman–Crippen MR) is 80.9 cm³/mol. The summed E-state index contributed by atoms with van der Waals surface area (Å²) in [4.78, 5) is 18.5. The van der Waals surface area contributed by atoms with Gasteiger partial charge in [-0.2, -0.15) is 4.98 Å². The molecule has 1 amide bonds. The number of nitrogens with one attached hydrogen (secondary N) is 1. The van der Waals surface area contributed by atoms with Gasteiger partial charge in [0.25, 0.3) is 0 Å². The van der Waals surface area contributed by atoms with Crippen molar-refractivity contribution in [2.45, 2.75) is 32.4 Å². The first-order chi connectivity index (χ1) is 10.8. The van der Waals surface area contributed by atoms with Crippen LogP contribution in [0.4, 0.5) is 0 Å². The van der Waals surface area contributed by atoms with E-state index in [4.69, 9.17) is 4.52 Å². The molecule has 6 nitrogen and oxygen atoms in total. The molecule has 1 aromatic carbocycles. The highest BCUT2D eigenvalue weighted by atomic mass is 16.5. The summed E-state index contributed by atoms with van der Waals surface area (Å²) < 4.78 is 5.30. The van der Waals surface area contributed by atoms with E-state index in [2.05, 4.69) is 32.5 Å². The van der Waals surface area contributed by atoms with Crippen LogP contribution in [0.1, 0.15) is 36.7 Å². The molecule has 0 spiro atoms. The largest absolute Gasteiger partial charge is 0.355 e. The van der Waals surface area contributed by atoms with Crippen molar-refractivity contribution in [2.75, 3.05) is 13.1 Å². The third-order valence-electron chi connectivity index (χ3n) is 3.89. The second-order valence-corrected chi connectivity index (χ2v) is 5.41. The molecular formula is C16H20N4O2. The molecule has 2 heterocycles. The molecule has 1 aliphatic heterocycles. The topological polar surface area (TPSA) is 71.3 Å². The van der Waals surface area contributed by atoms with E-state index in [9.17, 15) is 4.79 Å². The number of carbonyl (C=O) groups is 1. The Morgan fingerprint density at radius 2 is 2.18 bits per heavy atom. The second kappa shape index (κ2) is 6.70. The summed E-state index contributed by atoms with van der Waals surface area (Å²) in [6, 6.07) is 10.1. The number of benzene rings is 1. The van der Waals surface area contributed by atoms with Gasteiger partial charge in [-0.05, 0) is 5.56 Å². The van der Waals surface area contributed by atoms with Crippen LogP contribution in [0.3, 0.4) is 0 Å². The standard InChI is InChI=1S/C16H20N4O2/c1-2-14-18-16(22-19-14)11-20-9-8-17-15(21)10-13(20)12-6-4-3-5-7-12/h3-7,13H,2,8-11H2,1H3,(H,17,21)/t13-/m0/s1. The fourth-order valence-corrected chi connectivity index (χ4v) is 2.74. The number of nitrogens with zero attached hydrogens (tertiary/aromatic N) is 3. The van der Waals surface area contributed by atoms with Gasteiger partial charge in [-0.3, -0.25) is 9.69 Å². The lowest BCUT2D eigenvalue weighted by Gasteiger charge is -2.27. The highest BCUT2D eigenvalue weighted by Gasteiger charge is 2.27. The van der Waals surface area contributed by atoms with Crippen LogP contribution in [0.2, 0.25) is 0 Å². The summed E-state index contributed by atoms with van der Waals surface area (Å²) in [6.45, 7) is 3.95. The van der Waals surface area contributed by atoms with Crippen LogP contribution < -0.4 is 5.32 Å². The maximum atomic E-state index is 11.9. The van der Waals surface area contributed by atoms with Crippen LogP contribution in [-0.4, -0.2) is 34.0 Å². The normalized spacial score (nSPS) is 19.7. The number of aromatic nitrogens is 2. The number of hydrogen-bond acceptors (Lipinski definition) is 5. The summed E-state index contributed by atoms with van der Waals surface area (Å²) in [6.07, 6.45) is 1.20. The molecule has 116 valence electrons. The molecule has 1 aromatic heterocycles. The Hall–Kier alpha value is -2.21. The van der Waals surface area contributed by atoms with E-state index in [-0.39, 0.29) is 11.9 Å². The van der Waals surface area contributed by atoms with E-state index >= 15 is 0 Å². The lowest BCUT2D eigenvalue weighted by molar-refractivity contribution is -0.121. The first kappa shape index (κ1) is 14.7. The van der Waals surface area contributed by atoms with Crippen LogP contribution in [-0.2, 0) is 17.8 Å². The fraction of sp³-hybridized carbons (Fsp3) is 0.438. The van der Waals surface area contributed by atoms with Crippen molar-refractivity contribution in [3.8, 4) is 0 Å². The van der Waals surface area contributed by atoms with Crippen molar-refractivity contribution in [3.63, 3.8) is 0 Å². The van der Waals surface area contributed by atoms with E-state index in [1.54, 1.807) is 0 Å². The van der Waals surface area contributed by atoms with Gasteiger partial charge in [0, 0.05) is 32.0 Å². The third-order valence-corrected chi connectivity index (χ3v) is 3.89. The van der Waals surface area contributed by atoms with Crippen molar-refractivity contribution in [1.29, 1.82) is 0 Å². The minimum Gasteiger partial charge on any atom is -0.355 e. The lowest BCUT2D eigenvalue weighted by Crippen LogP contribution is -2.30. The van der Waals surface area contributed by atoms with Gasteiger partial charge < -0.3 is 9.84 Å². The third kappa shape index (κ3) is 3.33. The average Bonchev–Trinajstić information content (AvgIpc) is 2.92. The number of aryl methyl sites for hydroxylation is 1. The zero-order chi connectivity index (χ0) is 15.4. The van der Waals surface area contributed by atoms with Gasteiger partial charge in [0.05, 0.1) is 6.54 Å². The molecule has 1 N–H and O–H groups in total. The first-order valence-corrected chi connectivity index (χ1v) is 7.63. The second-order valence-electron chi connectivity index (χ2n) is 5.41. The van der Waals surface area contributed by atoms with Gasteiger partial charge in [-0.15, -0.1) is 0 Å². The number of hydrogen-bond donors (Lipinski definition) is 1. The molecule has 3 rings (SSSR count). The van der Waals surface area contributed by atoms with E-state index < -0.39 is 0 Å². The molecule has 6 heteroatoms. The molecule has 1 aliphatic rings. The maximum Gasteiger partial charge on any atom is 0.240 e. The monoisotopic (exact) mass is 300 g/mol. The highest BCUT2D eigenvalue weighted by molar-refractivity contribution is 5.77. The number of carbonyl (C=O) groups excluding carboxylic acids is 1. The van der Waals surface area contributed by atoms with Crippen LogP contribution in [0.25, 0.3) is 0 Å². The van der Waals surface area contributed by atoms with Crippen LogP contribution >= 0.6 is 0 Å². The molecule has 0 bridgehead atoms. The van der Waals surface area contributed by atoms with E-state index in [1.807, 2.05) is 25.1 Å². The fourth-order valence-electron chi connectivity index (χ4n) is 2.74. The average molecular weight is 300 g/mol. The molecule has 0 aliphatic carbocycles. The Labute approximate surface area is 129 Å². The van der Waals surface area contributed by atoms with Crippen molar-refractivity contribution in [1.82, 2.24) is 20.4 Å². The lowest BCUT2D eigenvalue weighted by atomic mass is 10.0. The summed E-state index contributed by atoms with van der Waals surface area (Å²) in [7, 11) is 0. The van der Waals surface area contributed by atoms with Gasteiger partial charge in [0.15, 0.2) is 5.82 Å². The summed E-state index contributed by atoms with van der Waals surface area (Å²) in [5, 5.41) is 6.87. The first-order valence-electron chi connectivity index (χ1n) is 7.63.